The van der Waals surface area contributed by atoms with E-state index < -0.39 is 10.8 Å². The zero-order valence-electron chi connectivity index (χ0n) is 9.24. The van der Waals surface area contributed by atoms with Gasteiger partial charge in [0.2, 0.25) is 0 Å². The van der Waals surface area contributed by atoms with Gasteiger partial charge in [0.15, 0.2) is 0 Å². The Kier molecular flexibility index (Phi) is 6.24. The third-order valence-corrected chi connectivity index (χ3v) is 4.81. The highest BCUT2D eigenvalue weighted by Gasteiger charge is 2.05. The predicted molar refractivity (Wildman–Crippen MR) is 74.8 cm³/mol. The largest absolute Gasteiger partial charge is 0.398 e. The number of benzene rings is 1. The van der Waals surface area contributed by atoms with E-state index in [1.54, 1.807) is 18.2 Å². The third kappa shape index (κ3) is 4.36. The SMILES string of the molecule is CCSCCCS(=O)c1ccc(N)c(Cl)c1. The second-order valence-electron chi connectivity index (χ2n) is 3.28. The molecule has 0 spiro atoms. The van der Waals surface area contributed by atoms with Crippen LogP contribution in [0.4, 0.5) is 5.69 Å². The number of hydrogen-bond donors (Lipinski definition) is 1. The molecule has 0 aliphatic heterocycles. The molecule has 0 saturated carbocycles. The molecule has 5 heteroatoms. The molecule has 1 rings (SSSR count). The van der Waals surface area contributed by atoms with Crippen LogP contribution in [-0.2, 0) is 10.8 Å². The van der Waals surface area contributed by atoms with E-state index in [4.69, 9.17) is 17.3 Å². The van der Waals surface area contributed by atoms with Gasteiger partial charge in [-0.2, -0.15) is 11.8 Å². The van der Waals surface area contributed by atoms with Crippen LogP contribution in [0.25, 0.3) is 0 Å². The van der Waals surface area contributed by atoms with Crippen LogP contribution in [-0.4, -0.2) is 21.5 Å². The number of nitrogens with two attached hydrogens (primary N) is 1. The Balaban J connectivity index is 2.50. The van der Waals surface area contributed by atoms with Gasteiger partial charge in [0, 0.05) is 10.6 Å². The third-order valence-electron chi connectivity index (χ3n) is 2.06. The van der Waals surface area contributed by atoms with Gasteiger partial charge in [0.1, 0.15) is 0 Å². The minimum Gasteiger partial charge on any atom is -0.398 e. The number of halogens is 1. The summed E-state index contributed by atoms with van der Waals surface area (Å²) in [6.07, 6.45) is 0.965. The molecule has 1 atom stereocenters. The Bertz CT molecular complexity index is 371. The molecule has 0 radical (unpaired) electrons. The van der Waals surface area contributed by atoms with Crippen molar-refractivity contribution in [3.8, 4) is 0 Å². The number of hydrogen-bond acceptors (Lipinski definition) is 3. The van der Waals surface area contributed by atoms with Gasteiger partial charge in [-0.25, -0.2) is 0 Å². The highest BCUT2D eigenvalue weighted by molar-refractivity contribution is 7.99. The Morgan fingerprint density at radius 2 is 2.25 bits per heavy atom. The summed E-state index contributed by atoms with van der Waals surface area (Å²) < 4.78 is 11.9. The van der Waals surface area contributed by atoms with E-state index >= 15 is 0 Å². The lowest BCUT2D eigenvalue weighted by Crippen LogP contribution is -2.00. The molecule has 1 aromatic carbocycles. The van der Waals surface area contributed by atoms with Gasteiger partial charge in [-0.05, 0) is 36.1 Å². The van der Waals surface area contributed by atoms with E-state index in [-0.39, 0.29) is 0 Å². The molecule has 2 nitrogen and oxygen atoms in total. The van der Waals surface area contributed by atoms with Crippen molar-refractivity contribution in [2.75, 3.05) is 23.0 Å². The first kappa shape index (κ1) is 13.9. The van der Waals surface area contributed by atoms with Crippen molar-refractivity contribution in [2.45, 2.75) is 18.2 Å². The van der Waals surface area contributed by atoms with E-state index in [1.165, 1.54) is 0 Å². The second-order valence-corrected chi connectivity index (χ2v) is 6.66. The van der Waals surface area contributed by atoms with E-state index in [0.717, 1.165) is 22.8 Å². The maximum atomic E-state index is 11.9. The molecule has 0 aliphatic rings. The molecule has 1 unspecified atom stereocenters. The lowest BCUT2D eigenvalue weighted by molar-refractivity contribution is 0.682. The first-order valence-corrected chi connectivity index (χ1v) is 8.01. The first-order valence-electron chi connectivity index (χ1n) is 5.16. The lowest BCUT2D eigenvalue weighted by Gasteiger charge is -2.04. The molecule has 0 heterocycles. The Morgan fingerprint density at radius 1 is 1.50 bits per heavy atom. The average Bonchev–Trinajstić information content (AvgIpc) is 2.28. The van der Waals surface area contributed by atoms with Crippen LogP contribution >= 0.6 is 23.4 Å². The minimum absolute atomic E-state index is 0.480. The molecule has 0 amide bonds. The standard InChI is InChI=1S/C11H16ClNOS2/c1-2-15-6-3-7-16(14)9-4-5-11(13)10(12)8-9/h4-5,8H,2-3,6-7,13H2,1H3. The fourth-order valence-corrected chi connectivity index (χ4v) is 3.38. The van der Waals surface area contributed by atoms with E-state index in [9.17, 15) is 4.21 Å². The molecule has 0 aliphatic carbocycles. The average molecular weight is 278 g/mol. The number of nitrogen functional groups attached to an aromatic ring is 1. The highest BCUT2D eigenvalue weighted by Crippen LogP contribution is 2.22. The van der Waals surface area contributed by atoms with Gasteiger partial charge in [-0.1, -0.05) is 18.5 Å². The topological polar surface area (TPSA) is 43.1 Å². The quantitative estimate of drug-likeness (QED) is 0.642. The Morgan fingerprint density at radius 3 is 2.88 bits per heavy atom. The Labute approximate surface area is 108 Å². The monoisotopic (exact) mass is 277 g/mol. The summed E-state index contributed by atoms with van der Waals surface area (Å²) in [4.78, 5) is 0.765. The van der Waals surface area contributed by atoms with Crippen molar-refractivity contribution in [3.05, 3.63) is 23.2 Å². The molecule has 0 bridgehead atoms. The molecule has 16 heavy (non-hydrogen) atoms. The summed E-state index contributed by atoms with van der Waals surface area (Å²) in [5.41, 5.74) is 6.13. The van der Waals surface area contributed by atoms with Crippen molar-refractivity contribution in [1.82, 2.24) is 0 Å². The van der Waals surface area contributed by atoms with Crippen LogP contribution in [0.2, 0.25) is 5.02 Å². The molecular weight excluding hydrogens is 262 g/mol. The summed E-state index contributed by atoms with van der Waals surface area (Å²) in [6, 6.07) is 5.18. The van der Waals surface area contributed by atoms with Crippen molar-refractivity contribution in [1.29, 1.82) is 0 Å². The molecule has 0 saturated heterocycles. The van der Waals surface area contributed by atoms with Gasteiger partial charge < -0.3 is 5.73 Å². The van der Waals surface area contributed by atoms with Crippen LogP contribution in [0, 0.1) is 0 Å². The molecular formula is C11H16ClNOS2. The summed E-state index contributed by atoms with van der Waals surface area (Å²) >= 11 is 7.75. The van der Waals surface area contributed by atoms with Gasteiger partial charge in [0.25, 0.3) is 0 Å². The van der Waals surface area contributed by atoms with E-state index in [2.05, 4.69) is 6.92 Å². The summed E-state index contributed by atoms with van der Waals surface area (Å²) in [5.74, 6) is 2.86. The van der Waals surface area contributed by atoms with Crippen molar-refractivity contribution in [2.24, 2.45) is 0 Å². The van der Waals surface area contributed by atoms with E-state index in [1.807, 2.05) is 11.8 Å². The Hall–Kier alpha value is -0.190. The first-order chi connectivity index (χ1) is 7.65. The second kappa shape index (κ2) is 7.20. The molecule has 90 valence electrons. The molecule has 2 N–H and O–H groups in total. The van der Waals surface area contributed by atoms with Gasteiger partial charge in [-0.15, -0.1) is 0 Å². The van der Waals surface area contributed by atoms with Gasteiger partial charge in [-0.3, -0.25) is 4.21 Å². The van der Waals surface area contributed by atoms with Gasteiger partial charge in [0.05, 0.1) is 21.5 Å². The van der Waals surface area contributed by atoms with Crippen molar-refractivity contribution >= 4 is 39.8 Å². The van der Waals surface area contributed by atoms with Crippen LogP contribution in [0.3, 0.4) is 0 Å². The summed E-state index contributed by atoms with van der Waals surface area (Å²) in [7, 11) is -0.959. The zero-order valence-corrected chi connectivity index (χ0v) is 11.6. The fourth-order valence-electron chi connectivity index (χ4n) is 1.20. The van der Waals surface area contributed by atoms with Crippen molar-refractivity contribution < 1.29 is 4.21 Å². The normalized spacial score (nSPS) is 12.6. The smallest absolute Gasteiger partial charge is 0.0647 e. The number of anilines is 1. The van der Waals surface area contributed by atoms with Crippen LogP contribution in [0.5, 0.6) is 0 Å². The predicted octanol–water partition coefficient (Wildman–Crippen LogP) is 3.17. The molecule has 0 fully saturated rings. The van der Waals surface area contributed by atoms with Gasteiger partial charge >= 0.3 is 0 Å². The number of thioether (sulfide) groups is 1. The maximum absolute atomic E-state index is 11.9. The van der Waals surface area contributed by atoms with Crippen molar-refractivity contribution in [3.63, 3.8) is 0 Å². The highest BCUT2D eigenvalue weighted by atomic mass is 35.5. The summed E-state index contributed by atoms with van der Waals surface area (Å²) in [6.45, 7) is 2.13. The number of rotatable bonds is 6. The zero-order chi connectivity index (χ0) is 12.0. The fraction of sp³-hybridized carbons (Fsp3) is 0.455. The maximum Gasteiger partial charge on any atom is 0.0647 e. The molecule has 1 aromatic rings. The molecule has 0 aromatic heterocycles. The lowest BCUT2D eigenvalue weighted by atomic mass is 10.3. The minimum atomic E-state index is -0.959. The van der Waals surface area contributed by atoms with E-state index in [0.29, 0.717) is 16.5 Å². The van der Waals surface area contributed by atoms with Crippen LogP contribution in [0.15, 0.2) is 23.1 Å². The summed E-state index contributed by atoms with van der Waals surface area (Å²) in [5, 5.41) is 0.480. The van der Waals surface area contributed by atoms with Crippen LogP contribution in [0.1, 0.15) is 13.3 Å². The van der Waals surface area contributed by atoms with Crippen LogP contribution < -0.4 is 5.73 Å².